The minimum absolute atomic E-state index is 0.209. The van der Waals surface area contributed by atoms with Gasteiger partial charge >= 0.3 is 0 Å². The van der Waals surface area contributed by atoms with Crippen LogP contribution in [0, 0.1) is 25.2 Å². The molecule has 3 aromatic rings. The first-order valence-corrected chi connectivity index (χ1v) is 8.04. The van der Waals surface area contributed by atoms with Crippen molar-refractivity contribution in [1.82, 2.24) is 4.98 Å². The highest BCUT2D eigenvalue weighted by Crippen LogP contribution is 2.27. The number of aryl methyl sites for hydroxylation is 2. The molecule has 0 atom stereocenters. The number of nitrogens with one attached hydrogen (secondary N) is 1. The van der Waals surface area contributed by atoms with Gasteiger partial charge in [-0.05, 0) is 56.2 Å². The molecule has 0 aliphatic rings. The van der Waals surface area contributed by atoms with Crippen molar-refractivity contribution >= 4 is 5.88 Å². The lowest BCUT2D eigenvalue weighted by Crippen LogP contribution is -1.96. The second-order valence-electron chi connectivity index (χ2n) is 5.64. The summed E-state index contributed by atoms with van der Waals surface area (Å²) in [5.74, 6) is 2.52. The van der Waals surface area contributed by atoms with Gasteiger partial charge in [0.05, 0.1) is 0 Å². The highest BCUT2D eigenvalue weighted by molar-refractivity contribution is 5.54. The van der Waals surface area contributed by atoms with E-state index in [-0.39, 0.29) is 11.6 Å². The monoisotopic (exact) mass is 337 g/mol. The maximum atomic E-state index is 9.10. The van der Waals surface area contributed by atoms with Crippen LogP contribution in [0.1, 0.15) is 29.5 Å². The third kappa shape index (κ3) is 3.66. The SMILES string of the molecule is CCNc1oc(-c2ccc(COc3ccc(C)c(C)c3)o2)nc1C#N. The molecule has 0 bridgehead atoms. The average molecular weight is 337 g/mol. The number of furan rings is 1. The van der Waals surface area contributed by atoms with E-state index >= 15 is 0 Å². The molecule has 3 rings (SSSR count). The Labute approximate surface area is 146 Å². The molecule has 0 radical (unpaired) electrons. The zero-order valence-electron chi connectivity index (χ0n) is 14.4. The lowest BCUT2D eigenvalue weighted by molar-refractivity contribution is 0.271. The number of hydrogen-bond acceptors (Lipinski definition) is 6. The Morgan fingerprint density at radius 3 is 2.72 bits per heavy atom. The maximum Gasteiger partial charge on any atom is 0.266 e. The number of hydrogen-bond donors (Lipinski definition) is 1. The first-order chi connectivity index (χ1) is 12.1. The van der Waals surface area contributed by atoms with Gasteiger partial charge in [-0.2, -0.15) is 10.2 Å². The topological polar surface area (TPSA) is 84.2 Å². The molecule has 0 aliphatic carbocycles. The molecule has 2 heterocycles. The van der Waals surface area contributed by atoms with Gasteiger partial charge in [-0.25, -0.2) is 0 Å². The number of rotatable bonds is 6. The molecule has 1 aromatic carbocycles. The van der Waals surface area contributed by atoms with Gasteiger partial charge in [0.1, 0.15) is 24.2 Å². The minimum Gasteiger partial charge on any atom is -0.486 e. The number of aromatic nitrogens is 1. The van der Waals surface area contributed by atoms with Gasteiger partial charge in [0.25, 0.3) is 5.89 Å². The fraction of sp³-hybridized carbons (Fsp3) is 0.263. The first-order valence-electron chi connectivity index (χ1n) is 8.04. The maximum absolute atomic E-state index is 9.10. The minimum atomic E-state index is 0.209. The molecule has 6 nitrogen and oxygen atoms in total. The van der Waals surface area contributed by atoms with Crippen molar-refractivity contribution in [1.29, 1.82) is 5.26 Å². The number of ether oxygens (including phenoxy) is 1. The highest BCUT2D eigenvalue weighted by Gasteiger charge is 2.17. The summed E-state index contributed by atoms with van der Waals surface area (Å²) >= 11 is 0. The van der Waals surface area contributed by atoms with Crippen LogP contribution in [0.4, 0.5) is 5.88 Å². The Morgan fingerprint density at radius 2 is 2.00 bits per heavy atom. The summed E-state index contributed by atoms with van der Waals surface area (Å²) in [6.45, 7) is 6.96. The fourth-order valence-corrected chi connectivity index (χ4v) is 2.31. The van der Waals surface area contributed by atoms with Gasteiger partial charge in [0.2, 0.25) is 11.6 Å². The molecule has 0 spiro atoms. The van der Waals surface area contributed by atoms with Crippen LogP contribution < -0.4 is 10.1 Å². The predicted octanol–water partition coefficient (Wildman–Crippen LogP) is 4.43. The first kappa shape index (κ1) is 16.7. The van der Waals surface area contributed by atoms with E-state index in [2.05, 4.69) is 17.2 Å². The Bertz CT molecular complexity index is 918. The highest BCUT2D eigenvalue weighted by atomic mass is 16.5. The van der Waals surface area contributed by atoms with Crippen LogP contribution in [0.5, 0.6) is 5.75 Å². The van der Waals surface area contributed by atoms with Crippen LogP contribution in [0.3, 0.4) is 0 Å². The van der Waals surface area contributed by atoms with Crippen molar-refractivity contribution in [2.75, 3.05) is 11.9 Å². The molecular formula is C19H19N3O3. The second-order valence-corrected chi connectivity index (χ2v) is 5.64. The molecule has 0 fully saturated rings. The molecule has 6 heteroatoms. The van der Waals surface area contributed by atoms with Crippen molar-refractivity contribution in [3.8, 4) is 23.5 Å². The Hall–Kier alpha value is -3.20. The van der Waals surface area contributed by atoms with E-state index in [4.69, 9.17) is 18.8 Å². The molecule has 1 N–H and O–H groups in total. The van der Waals surface area contributed by atoms with E-state index < -0.39 is 0 Å². The Balaban J connectivity index is 1.72. The molecule has 128 valence electrons. The van der Waals surface area contributed by atoms with Crippen molar-refractivity contribution in [2.24, 2.45) is 0 Å². The zero-order chi connectivity index (χ0) is 17.8. The van der Waals surface area contributed by atoms with E-state index in [1.807, 2.05) is 38.1 Å². The number of nitrogens with zero attached hydrogens (tertiary/aromatic N) is 2. The van der Waals surface area contributed by atoms with E-state index in [0.717, 1.165) is 5.75 Å². The van der Waals surface area contributed by atoms with E-state index in [0.29, 0.717) is 30.6 Å². The quantitative estimate of drug-likeness (QED) is 0.716. The van der Waals surface area contributed by atoms with Gasteiger partial charge < -0.3 is 18.9 Å². The van der Waals surface area contributed by atoms with Crippen LogP contribution in [0.2, 0.25) is 0 Å². The number of anilines is 1. The standard InChI is InChI=1S/C19H19N3O3/c1-4-21-18-16(10-20)22-19(25-18)17-8-7-15(24-17)11-23-14-6-5-12(2)13(3)9-14/h5-9,21H,4,11H2,1-3H3. The Morgan fingerprint density at radius 1 is 1.16 bits per heavy atom. The lowest BCUT2D eigenvalue weighted by Gasteiger charge is -2.06. The molecule has 2 aromatic heterocycles. The molecule has 0 aliphatic heterocycles. The second kappa shape index (κ2) is 7.14. The van der Waals surface area contributed by atoms with Gasteiger partial charge in [0.15, 0.2) is 5.76 Å². The molecule has 25 heavy (non-hydrogen) atoms. The van der Waals surface area contributed by atoms with Crippen molar-refractivity contribution < 1.29 is 13.6 Å². The zero-order valence-corrected chi connectivity index (χ0v) is 14.4. The Kier molecular flexibility index (Phi) is 4.75. The number of benzene rings is 1. The van der Waals surface area contributed by atoms with Crippen molar-refractivity contribution in [3.05, 3.63) is 52.9 Å². The van der Waals surface area contributed by atoms with Gasteiger partial charge in [-0.15, -0.1) is 0 Å². The summed E-state index contributed by atoms with van der Waals surface area (Å²) in [5, 5.41) is 12.1. The summed E-state index contributed by atoms with van der Waals surface area (Å²) in [6, 6.07) is 11.5. The van der Waals surface area contributed by atoms with Crippen molar-refractivity contribution in [2.45, 2.75) is 27.4 Å². The smallest absolute Gasteiger partial charge is 0.266 e. The average Bonchev–Trinajstić information content (AvgIpc) is 3.23. The van der Waals surface area contributed by atoms with E-state index in [1.165, 1.54) is 11.1 Å². The van der Waals surface area contributed by atoms with E-state index in [9.17, 15) is 0 Å². The van der Waals surface area contributed by atoms with Crippen molar-refractivity contribution in [3.63, 3.8) is 0 Å². The normalized spacial score (nSPS) is 10.5. The third-order valence-electron chi connectivity index (χ3n) is 3.80. The molecular weight excluding hydrogens is 318 g/mol. The fourth-order valence-electron chi connectivity index (χ4n) is 2.31. The van der Waals surface area contributed by atoms with Crippen LogP contribution in [0.25, 0.3) is 11.7 Å². The molecule has 0 saturated heterocycles. The summed E-state index contributed by atoms with van der Waals surface area (Å²) < 4.78 is 17.0. The van der Waals surface area contributed by atoms with Gasteiger partial charge in [0, 0.05) is 6.54 Å². The lowest BCUT2D eigenvalue weighted by atomic mass is 10.1. The molecule has 0 saturated carbocycles. The van der Waals surface area contributed by atoms with Gasteiger partial charge in [-0.1, -0.05) is 6.07 Å². The molecule has 0 amide bonds. The van der Waals surface area contributed by atoms with E-state index in [1.54, 1.807) is 12.1 Å². The molecule has 0 unspecified atom stereocenters. The summed E-state index contributed by atoms with van der Waals surface area (Å²) in [7, 11) is 0. The number of nitriles is 1. The third-order valence-corrected chi connectivity index (χ3v) is 3.80. The largest absolute Gasteiger partial charge is 0.486 e. The number of oxazole rings is 1. The summed E-state index contributed by atoms with van der Waals surface area (Å²) in [4.78, 5) is 4.15. The van der Waals surface area contributed by atoms with Crippen LogP contribution >= 0.6 is 0 Å². The van der Waals surface area contributed by atoms with Crippen LogP contribution in [-0.4, -0.2) is 11.5 Å². The summed E-state index contributed by atoms with van der Waals surface area (Å²) in [5.41, 5.74) is 2.61. The van der Waals surface area contributed by atoms with Crippen LogP contribution in [-0.2, 0) is 6.61 Å². The van der Waals surface area contributed by atoms with Gasteiger partial charge in [-0.3, -0.25) is 0 Å². The summed E-state index contributed by atoms with van der Waals surface area (Å²) in [6.07, 6.45) is 0. The predicted molar refractivity (Wildman–Crippen MR) is 93.3 cm³/mol. The van der Waals surface area contributed by atoms with Crippen LogP contribution in [0.15, 0.2) is 39.2 Å².